The molecule has 0 radical (unpaired) electrons. The molecule has 76 valence electrons. The van der Waals surface area contributed by atoms with Gasteiger partial charge in [0.1, 0.15) is 5.15 Å². The van der Waals surface area contributed by atoms with Gasteiger partial charge in [0.05, 0.1) is 11.9 Å². The van der Waals surface area contributed by atoms with E-state index >= 15 is 0 Å². The molecule has 0 bridgehead atoms. The van der Waals surface area contributed by atoms with Gasteiger partial charge in [-0.1, -0.05) is 11.6 Å². The van der Waals surface area contributed by atoms with Crippen LogP contribution in [0.2, 0.25) is 5.15 Å². The average Bonchev–Trinajstić information content (AvgIpc) is 2.07. The van der Waals surface area contributed by atoms with Crippen LogP contribution in [0.1, 0.15) is 20.8 Å². The fourth-order valence-electron chi connectivity index (χ4n) is 1.12. The second-order valence-corrected chi connectivity index (χ2v) is 4.37. The van der Waals surface area contributed by atoms with Crippen LogP contribution in [0.25, 0.3) is 0 Å². The summed E-state index contributed by atoms with van der Waals surface area (Å²) in [4.78, 5) is 16.4. The number of rotatable bonds is 2. The van der Waals surface area contributed by atoms with E-state index in [1.165, 1.54) is 0 Å². The highest BCUT2D eigenvalue weighted by Gasteiger charge is 2.21. The Morgan fingerprint density at radius 2 is 2.07 bits per heavy atom. The molecule has 3 nitrogen and oxygen atoms in total. The summed E-state index contributed by atoms with van der Waals surface area (Å²) in [5, 5.41) is 0.425. The van der Waals surface area contributed by atoms with E-state index in [-0.39, 0.29) is 5.54 Å². The normalized spacial score (nSPS) is 11.1. The number of hydrogen-bond donors (Lipinski definition) is 0. The molecule has 0 saturated heterocycles. The van der Waals surface area contributed by atoms with Crippen molar-refractivity contribution in [2.45, 2.75) is 26.3 Å². The minimum Gasteiger partial charge on any atom is -0.308 e. The Morgan fingerprint density at radius 3 is 2.43 bits per heavy atom. The molecule has 0 aliphatic carbocycles. The van der Waals surface area contributed by atoms with E-state index < -0.39 is 0 Å². The number of amides is 1. The maximum atomic E-state index is 10.9. The SMILES string of the molecule is CC(C)(C)N(C=O)c1ccc(Cl)nc1. The Labute approximate surface area is 88.7 Å². The highest BCUT2D eigenvalue weighted by atomic mass is 35.5. The van der Waals surface area contributed by atoms with Crippen molar-refractivity contribution in [3.8, 4) is 0 Å². The Bertz CT molecular complexity index is 316. The van der Waals surface area contributed by atoms with Crippen LogP contribution in [0.3, 0.4) is 0 Å². The highest BCUT2D eigenvalue weighted by molar-refractivity contribution is 6.29. The molecular formula is C10H13ClN2O. The summed E-state index contributed by atoms with van der Waals surface area (Å²) < 4.78 is 0. The van der Waals surface area contributed by atoms with Crippen LogP contribution in [-0.2, 0) is 4.79 Å². The minimum atomic E-state index is -0.253. The predicted molar refractivity (Wildman–Crippen MR) is 57.5 cm³/mol. The van der Waals surface area contributed by atoms with Gasteiger partial charge >= 0.3 is 0 Å². The summed E-state index contributed by atoms with van der Waals surface area (Å²) in [6.07, 6.45) is 2.38. The third-order valence-corrected chi connectivity index (χ3v) is 2.04. The zero-order valence-corrected chi connectivity index (χ0v) is 9.25. The molecule has 0 aliphatic rings. The van der Waals surface area contributed by atoms with Gasteiger partial charge in [0.25, 0.3) is 0 Å². The first-order chi connectivity index (χ1) is 6.45. The molecule has 0 aliphatic heterocycles. The van der Waals surface area contributed by atoms with E-state index in [1.54, 1.807) is 23.2 Å². The number of halogens is 1. The third-order valence-electron chi connectivity index (χ3n) is 1.82. The quantitative estimate of drug-likeness (QED) is 0.558. The topological polar surface area (TPSA) is 33.2 Å². The van der Waals surface area contributed by atoms with Crippen LogP contribution in [0.15, 0.2) is 18.3 Å². The van der Waals surface area contributed by atoms with Crippen molar-refractivity contribution in [2.24, 2.45) is 0 Å². The second-order valence-electron chi connectivity index (χ2n) is 3.99. The highest BCUT2D eigenvalue weighted by Crippen LogP contribution is 2.21. The van der Waals surface area contributed by atoms with Gasteiger partial charge < -0.3 is 4.90 Å². The van der Waals surface area contributed by atoms with Gasteiger partial charge in [-0.2, -0.15) is 0 Å². The standard InChI is InChI=1S/C10H13ClN2O/c1-10(2,3)13(7-14)8-4-5-9(11)12-6-8/h4-7H,1-3H3. The molecule has 1 aromatic rings. The molecule has 0 saturated carbocycles. The summed E-state index contributed by atoms with van der Waals surface area (Å²) in [5.41, 5.74) is 0.494. The first-order valence-corrected chi connectivity index (χ1v) is 4.69. The lowest BCUT2D eigenvalue weighted by atomic mass is 10.1. The second kappa shape index (κ2) is 3.96. The smallest absolute Gasteiger partial charge is 0.214 e. The summed E-state index contributed by atoms with van der Waals surface area (Å²) in [6.45, 7) is 5.86. The number of pyridine rings is 1. The van der Waals surface area contributed by atoms with Crippen molar-refractivity contribution in [1.82, 2.24) is 4.98 Å². The zero-order valence-electron chi connectivity index (χ0n) is 8.49. The largest absolute Gasteiger partial charge is 0.308 e. The van der Waals surface area contributed by atoms with Gasteiger partial charge in [-0.05, 0) is 32.9 Å². The molecular weight excluding hydrogens is 200 g/mol. The number of carbonyl (C=O) groups excluding carboxylic acids is 1. The Hall–Kier alpha value is -1.09. The van der Waals surface area contributed by atoms with E-state index in [9.17, 15) is 4.79 Å². The Balaban J connectivity index is 3.02. The summed E-state index contributed by atoms with van der Waals surface area (Å²) in [6, 6.07) is 3.44. The monoisotopic (exact) mass is 212 g/mol. The molecule has 1 heterocycles. The van der Waals surface area contributed by atoms with Gasteiger partial charge in [0, 0.05) is 5.54 Å². The maximum absolute atomic E-state index is 10.9. The van der Waals surface area contributed by atoms with E-state index in [1.807, 2.05) is 20.8 Å². The van der Waals surface area contributed by atoms with Gasteiger partial charge in [0.15, 0.2) is 0 Å². The lowest BCUT2D eigenvalue weighted by molar-refractivity contribution is -0.108. The molecule has 4 heteroatoms. The fraction of sp³-hybridized carbons (Fsp3) is 0.400. The molecule has 0 fully saturated rings. The molecule has 0 spiro atoms. The van der Waals surface area contributed by atoms with E-state index in [0.29, 0.717) is 5.15 Å². The zero-order chi connectivity index (χ0) is 10.8. The Morgan fingerprint density at radius 1 is 1.43 bits per heavy atom. The van der Waals surface area contributed by atoms with Crippen LogP contribution in [-0.4, -0.2) is 16.9 Å². The van der Waals surface area contributed by atoms with Gasteiger partial charge in [-0.15, -0.1) is 0 Å². The molecule has 0 unspecified atom stereocenters. The first kappa shape index (κ1) is 11.0. The van der Waals surface area contributed by atoms with E-state index in [0.717, 1.165) is 12.1 Å². The maximum Gasteiger partial charge on any atom is 0.214 e. The lowest BCUT2D eigenvalue weighted by Crippen LogP contribution is -2.40. The number of anilines is 1. The predicted octanol–water partition coefficient (Wildman–Crippen LogP) is 2.50. The minimum absolute atomic E-state index is 0.253. The van der Waals surface area contributed by atoms with Crippen molar-refractivity contribution in [3.63, 3.8) is 0 Å². The fourth-order valence-corrected chi connectivity index (χ4v) is 1.23. The summed E-state index contributed by atoms with van der Waals surface area (Å²) >= 11 is 5.66. The molecule has 0 N–H and O–H groups in total. The van der Waals surface area contributed by atoms with Crippen molar-refractivity contribution in [3.05, 3.63) is 23.5 Å². The van der Waals surface area contributed by atoms with Crippen LogP contribution in [0, 0.1) is 0 Å². The average molecular weight is 213 g/mol. The van der Waals surface area contributed by atoms with Crippen molar-refractivity contribution in [2.75, 3.05) is 4.90 Å². The van der Waals surface area contributed by atoms with Gasteiger partial charge in [-0.25, -0.2) is 4.98 Å². The van der Waals surface area contributed by atoms with Gasteiger partial charge in [0.2, 0.25) is 6.41 Å². The molecule has 0 aromatic carbocycles. The van der Waals surface area contributed by atoms with Gasteiger partial charge in [-0.3, -0.25) is 4.79 Å². The van der Waals surface area contributed by atoms with Crippen molar-refractivity contribution >= 4 is 23.7 Å². The van der Waals surface area contributed by atoms with E-state index in [2.05, 4.69) is 4.98 Å². The summed E-state index contributed by atoms with van der Waals surface area (Å²) in [7, 11) is 0. The molecule has 1 aromatic heterocycles. The summed E-state index contributed by atoms with van der Waals surface area (Å²) in [5.74, 6) is 0. The molecule has 14 heavy (non-hydrogen) atoms. The first-order valence-electron chi connectivity index (χ1n) is 4.31. The lowest BCUT2D eigenvalue weighted by Gasteiger charge is -2.31. The van der Waals surface area contributed by atoms with Crippen LogP contribution in [0.4, 0.5) is 5.69 Å². The van der Waals surface area contributed by atoms with Crippen LogP contribution < -0.4 is 4.90 Å². The van der Waals surface area contributed by atoms with Crippen molar-refractivity contribution in [1.29, 1.82) is 0 Å². The van der Waals surface area contributed by atoms with E-state index in [4.69, 9.17) is 11.6 Å². The van der Waals surface area contributed by atoms with Crippen LogP contribution in [0.5, 0.6) is 0 Å². The Kier molecular flexibility index (Phi) is 3.11. The number of hydrogen-bond acceptors (Lipinski definition) is 2. The van der Waals surface area contributed by atoms with Crippen molar-refractivity contribution < 1.29 is 4.79 Å². The molecule has 0 atom stereocenters. The van der Waals surface area contributed by atoms with Crippen LogP contribution >= 0.6 is 11.6 Å². The number of nitrogens with zero attached hydrogens (tertiary/aromatic N) is 2. The number of aromatic nitrogens is 1. The molecule has 1 amide bonds. The molecule has 1 rings (SSSR count). The third kappa shape index (κ3) is 2.45. The number of carbonyl (C=O) groups is 1.